The van der Waals surface area contributed by atoms with Crippen LogP contribution in [0, 0.1) is 0 Å². The van der Waals surface area contributed by atoms with E-state index in [1.54, 1.807) is 7.11 Å². The van der Waals surface area contributed by atoms with Gasteiger partial charge in [0.05, 0.1) is 18.3 Å². The number of methoxy groups -OCH3 is 1. The van der Waals surface area contributed by atoms with E-state index in [1.807, 2.05) is 25.1 Å². The Morgan fingerprint density at radius 3 is 2.75 bits per heavy atom. The second kappa shape index (κ2) is 4.23. The molecule has 5 heteroatoms. The molecular formula is C11H12ClN3O. The first-order valence-corrected chi connectivity index (χ1v) is 5.26. The van der Waals surface area contributed by atoms with Crippen LogP contribution >= 0.6 is 11.6 Å². The summed E-state index contributed by atoms with van der Waals surface area (Å²) in [5.41, 5.74) is 7.35. The van der Waals surface area contributed by atoms with Crippen molar-refractivity contribution in [2.75, 3.05) is 7.11 Å². The van der Waals surface area contributed by atoms with Gasteiger partial charge in [-0.05, 0) is 36.7 Å². The van der Waals surface area contributed by atoms with Gasteiger partial charge in [-0.15, -0.1) is 0 Å². The van der Waals surface area contributed by atoms with Gasteiger partial charge >= 0.3 is 0 Å². The lowest BCUT2D eigenvalue weighted by atomic mass is 10.1. The highest BCUT2D eigenvalue weighted by Gasteiger charge is 2.11. The number of fused-ring (bicyclic) bond motifs is 1. The van der Waals surface area contributed by atoms with Crippen molar-refractivity contribution < 1.29 is 4.74 Å². The summed E-state index contributed by atoms with van der Waals surface area (Å²) in [5, 5.41) is 1.09. The number of rotatable bonds is 2. The summed E-state index contributed by atoms with van der Waals surface area (Å²) < 4.78 is 5.16. The third-order valence-electron chi connectivity index (χ3n) is 2.34. The van der Waals surface area contributed by atoms with Crippen LogP contribution in [-0.2, 0) is 0 Å². The minimum atomic E-state index is -0.199. The standard InChI is InChI=1S/C11H12ClN3O/c1-6(13)10-8-5-7(16-2)3-4-9(8)14-11(12)15-10/h3-6H,13H2,1-2H3. The van der Waals surface area contributed by atoms with Gasteiger partial charge in [0.25, 0.3) is 0 Å². The van der Waals surface area contributed by atoms with Gasteiger partial charge in [-0.3, -0.25) is 0 Å². The van der Waals surface area contributed by atoms with Crippen LogP contribution in [0.5, 0.6) is 5.75 Å². The quantitative estimate of drug-likeness (QED) is 0.815. The summed E-state index contributed by atoms with van der Waals surface area (Å²) >= 11 is 5.83. The molecule has 0 aliphatic rings. The molecule has 0 aliphatic heterocycles. The van der Waals surface area contributed by atoms with Crippen LogP contribution in [0.2, 0.25) is 5.28 Å². The van der Waals surface area contributed by atoms with Crippen LogP contribution in [0.4, 0.5) is 0 Å². The van der Waals surface area contributed by atoms with Gasteiger partial charge in [-0.1, -0.05) is 0 Å². The minimum Gasteiger partial charge on any atom is -0.497 e. The average Bonchev–Trinajstić information content (AvgIpc) is 2.27. The highest BCUT2D eigenvalue weighted by Crippen LogP contribution is 2.25. The van der Waals surface area contributed by atoms with E-state index >= 15 is 0 Å². The summed E-state index contributed by atoms with van der Waals surface area (Å²) in [4.78, 5) is 8.29. The monoisotopic (exact) mass is 237 g/mol. The van der Waals surface area contributed by atoms with Crippen LogP contribution in [0.25, 0.3) is 10.9 Å². The summed E-state index contributed by atoms with van der Waals surface area (Å²) in [6.45, 7) is 1.86. The van der Waals surface area contributed by atoms with Crippen molar-refractivity contribution in [3.05, 3.63) is 29.2 Å². The highest BCUT2D eigenvalue weighted by molar-refractivity contribution is 6.28. The van der Waals surface area contributed by atoms with Crippen molar-refractivity contribution in [3.8, 4) is 5.75 Å². The Kier molecular flexibility index (Phi) is 2.94. The molecule has 1 aromatic carbocycles. The molecule has 1 unspecified atom stereocenters. The molecule has 84 valence electrons. The van der Waals surface area contributed by atoms with Gasteiger partial charge in [0.2, 0.25) is 5.28 Å². The molecule has 0 aliphatic carbocycles. The third kappa shape index (κ3) is 1.94. The van der Waals surface area contributed by atoms with E-state index < -0.39 is 0 Å². The fourth-order valence-electron chi connectivity index (χ4n) is 1.58. The molecule has 0 fully saturated rings. The van der Waals surface area contributed by atoms with Crippen molar-refractivity contribution in [3.63, 3.8) is 0 Å². The minimum absolute atomic E-state index is 0.199. The van der Waals surface area contributed by atoms with Crippen LogP contribution in [0.15, 0.2) is 18.2 Å². The van der Waals surface area contributed by atoms with E-state index in [1.165, 1.54) is 0 Å². The molecule has 2 N–H and O–H groups in total. The van der Waals surface area contributed by atoms with E-state index in [9.17, 15) is 0 Å². The van der Waals surface area contributed by atoms with Gasteiger partial charge in [0.1, 0.15) is 5.75 Å². The van der Waals surface area contributed by atoms with Crippen molar-refractivity contribution in [2.24, 2.45) is 5.73 Å². The number of hydrogen-bond donors (Lipinski definition) is 1. The molecule has 1 aromatic heterocycles. The van der Waals surface area contributed by atoms with Crippen molar-refractivity contribution in [1.82, 2.24) is 9.97 Å². The number of nitrogens with zero attached hydrogens (tertiary/aromatic N) is 2. The first-order chi connectivity index (χ1) is 7.61. The second-order valence-corrected chi connectivity index (χ2v) is 3.89. The molecule has 2 aromatic rings. The van der Waals surface area contributed by atoms with E-state index in [4.69, 9.17) is 22.1 Å². The van der Waals surface area contributed by atoms with Gasteiger partial charge in [0, 0.05) is 11.4 Å². The predicted octanol–water partition coefficient (Wildman–Crippen LogP) is 2.31. The number of halogens is 1. The Hall–Kier alpha value is -1.39. The van der Waals surface area contributed by atoms with Gasteiger partial charge in [0.15, 0.2) is 0 Å². The first kappa shape index (κ1) is 11.1. The maximum Gasteiger partial charge on any atom is 0.223 e. The van der Waals surface area contributed by atoms with Crippen LogP contribution < -0.4 is 10.5 Å². The fourth-order valence-corrected chi connectivity index (χ4v) is 1.76. The Balaban J connectivity index is 2.75. The normalized spacial score (nSPS) is 12.8. The topological polar surface area (TPSA) is 61.0 Å². The lowest BCUT2D eigenvalue weighted by Crippen LogP contribution is -2.09. The molecule has 1 heterocycles. The van der Waals surface area contributed by atoms with E-state index in [-0.39, 0.29) is 11.3 Å². The molecule has 0 spiro atoms. The lowest BCUT2D eigenvalue weighted by molar-refractivity contribution is 0.415. The molecule has 0 saturated heterocycles. The number of aromatic nitrogens is 2. The molecular weight excluding hydrogens is 226 g/mol. The maximum atomic E-state index is 5.85. The smallest absolute Gasteiger partial charge is 0.223 e. The summed E-state index contributed by atoms with van der Waals surface area (Å²) in [6, 6.07) is 5.34. The van der Waals surface area contributed by atoms with Crippen molar-refractivity contribution >= 4 is 22.5 Å². The molecule has 0 bridgehead atoms. The largest absolute Gasteiger partial charge is 0.497 e. The Labute approximate surface area is 98.4 Å². The summed E-state index contributed by atoms with van der Waals surface area (Å²) in [7, 11) is 1.61. The van der Waals surface area contributed by atoms with Crippen molar-refractivity contribution in [2.45, 2.75) is 13.0 Å². The highest BCUT2D eigenvalue weighted by atomic mass is 35.5. The molecule has 0 amide bonds. The lowest BCUT2D eigenvalue weighted by Gasteiger charge is -2.10. The molecule has 1 atom stereocenters. The molecule has 0 radical (unpaired) electrons. The number of benzene rings is 1. The van der Waals surface area contributed by atoms with E-state index in [0.717, 1.165) is 22.3 Å². The maximum absolute atomic E-state index is 5.85. The third-order valence-corrected chi connectivity index (χ3v) is 2.51. The van der Waals surface area contributed by atoms with Crippen LogP contribution in [0.3, 0.4) is 0 Å². The van der Waals surface area contributed by atoms with E-state index in [2.05, 4.69) is 9.97 Å². The number of hydrogen-bond acceptors (Lipinski definition) is 4. The van der Waals surface area contributed by atoms with E-state index in [0.29, 0.717) is 0 Å². The summed E-state index contributed by atoms with van der Waals surface area (Å²) in [5.74, 6) is 0.750. The Bertz CT molecular complexity index is 528. The van der Waals surface area contributed by atoms with Crippen LogP contribution in [0.1, 0.15) is 18.7 Å². The molecule has 2 rings (SSSR count). The molecule has 16 heavy (non-hydrogen) atoms. The number of nitrogens with two attached hydrogens (primary N) is 1. The zero-order chi connectivity index (χ0) is 11.7. The van der Waals surface area contributed by atoms with Crippen molar-refractivity contribution in [1.29, 1.82) is 0 Å². The zero-order valence-electron chi connectivity index (χ0n) is 9.07. The first-order valence-electron chi connectivity index (χ1n) is 4.88. The fraction of sp³-hybridized carbons (Fsp3) is 0.273. The van der Waals surface area contributed by atoms with Gasteiger partial charge in [-0.2, -0.15) is 0 Å². The second-order valence-electron chi connectivity index (χ2n) is 3.55. The average molecular weight is 238 g/mol. The summed E-state index contributed by atoms with van der Waals surface area (Å²) in [6.07, 6.45) is 0. The Morgan fingerprint density at radius 1 is 1.38 bits per heavy atom. The zero-order valence-corrected chi connectivity index (χ0v) is 9.82. The van der Waals surface area contributed by atoms with Gasteiger partial charge < -0.3 is 10.5 Å². The number of ether oxygens (including phenoxy) is 1. The molecule has 4 nitrogen and oxygen atoms in total. The molecule has 0 saturated carbocycles. The Morgan fingerprint density at radius 2 is 2.12 bits per heavy atom. The van der Waals surface area contributed by atoms with Gasteiger partial charge in [-0.25, -0.2) is 9.97 Å². The predicted molar refractivity (Wildman–Crippen MR) is 63.7 cm³/mol. The van der Waals surface area contributed by atoms with Crippen LogP contribution in [-0.4, -0.2) is 17.1 Å². The SMILES string of the molecule is COc1ccc2nc(Cl)nc(C(C)N)c2c1.